The predicted octanol–water partition coefficient (Wildman–Crippen LogP) is 4.76. The van der Waals surface area contributed by atoms with Crippen LogP contribution in [-0.2, 0) is 4.52 Å². The van der Waals surface area contributed by atoms with E-state index in [0.29, 0.717) is 6.04 Å². The molecule has 0 heterocycles. The second-order valence-corrected chi connectivity index (χ2v) is 5.69. The van der Waals surface area contributed by atoms with Gasteiger partial charge in [-0.15, -0.1) is 0 Å². The zero-order valence-electron chi connectivity index (χ0n) is 12.0. The molecule has 3 heteroatoms. The molecule has 0 aliphatic carbocycles. The molecule has 2 atom stereocenters. The molecule has 0 aromatic carbocycles. The van der Waals surface area contributed by atoms with E-state index in [1.807, 2.05) is 19.9 Å². The van der Waals surface area contributed by atoms with Crippen LogP contribution in [0.2, 0.25) is 0 Å². The molecule has 0 aromatic heterocycles. The van der Waals surface area contributed by atoms with E-state index in [1.54, 1.807) is 0 Å². The molecule has 0 rings (SSSR count). The first-order valence-electron chi connectivity index (χ1n) is 6.09. The van der Waals surface area contributed by atoms with E-state index in [4.69, 9.17) is 4.52 Å². The van der Waals surface area contributed by atoms with Crippen molar-refractivity contribution in [2.24, 2.45) is 0 Å². The Bertz CT molecular complexity index is 307. The first-order chi connectivity index (χ1) is 7.92. The summed E-state index contributed by atoms with van der Waals surface area (Å²) in [5.74, 6) is 0.769. The van der Waals surface area contributed by atoms with Crippen molar-refractivity contribution in [1.82, 2.24) is 5.09 Å². The van der Waals surface area contributed by atoms with Gasteiger partial charge in [0.1, 0.15) is 5.76 Å². The molecule has 0 amide bonds. The van der Waals surface area contributed by atoms with Crippen molar-refractivity contribution in [3.63, 3.8) is 0 Å². The number of nitrogens with one attached hydrogen (secondary N) is 1. The van der Waals surface area contributed by atoms with Crippen LogP contribution in [0.1, 0.15) is 41.0 Å². The highest BCUT2D eigenvalue weighted by atomic mass is 31.2. The summed E-state index contributed by atoms with van der Waals surface area (Å²) in [5.41, 5.74) is 2.31. The van der Waals surface area contributed by atoms with Crippen molar-refractivity contribution in [1.29, 1.82) is 0 Å². The van der Waals surface area contributed by atoms with Gasteiger partial charge in [0.15, 0.2) is 8.30 Å². The second-order valence-electron chi connectivity index (χ2n) is 4.26. The minimum atomic E-state index is -0.640. The van der Waals surface area contributed by atoms with Crippen LogP contribution in [0.15, 0.2) is 35.6 Å². The molecule has 1 N–H and O–H groups in total. The summed E-state index contributed by atoms with van der Waals surface area (Å²) in [5, 5.41) is 3.43. The smallest absolute Gasteiger partial charge is 0.158 e. The summed E-state index contributed by atoms with van der Waals surface area (Å²) in [6.07, 6.45) is 5.21. The maximum Gasteiger partial charge on any atom is 0.158 e. The summed E-state index contributed by atoms with van der Waals surface area (Å²) in [6.45, 7) is 16.5. The van der Waals surface area contributed by atoms with Gasteiger partial charge in [0.2, 0.25) is 0 Å². The van der Waals surface area contributed by atoms with Crippen molar-refractivity contribution in [3.05, 3.63) is 35.6 Å². The quantitative estimate of drug-likeness (QED) is 0.402. The Balaban J connectivity index is 4.40. The van der Waals surface area contributed by atoms with Gasteiger partial charge in [-0.2, -0.15) is 0 Å². The lowest BCUT2D eigenvalue weighted by molar-refractivity contribution is 0.469. The Kier molecular flexibility index (Phi) is 8.20. The molecule has 0 bridgehead atoms. The van der Waals surface area contributed by atoms with Gasteiger partial charge in [-0.1, -0.05) is 25.7 Å². The maximum absolute atomic E-state index is 5.82. The molecule has 0 saturated heterocycles. The Morgan fingerprint density at radius 3 is 2.53 bits per heavy atom. The van der Waals surface area contributed by atoms with Gasteiger partial charge in [-0.3, -0.25) is 5.09 Å². The fraction of sp³-hybridized carbons (Fsp3) is 0.571. The van der Waals surface area contributed by atoms with E-state index in [9.17, 15) is 0 Å². The fourth-order valence-corrected chi connectivity index (χ4v) is 2.58. The number of rotatable bonds is 7. The third kappa shape index (κ3) is 6.65. The standard InChI is InChI=1S/C14H26NOP/c1-8-10-11(3)13(5)14(6)16-17(7)15-12(4)9-2/h8,10,12,15H,6,9H2,1-5,7H3/b10-8-,13-11+/t12-,17?/m1/s1. The van der Waals surface area contributed by atoms with Crippen LogP contribution in [0.3, 0.4) is 0 Å². The lowest BCUT2D eigenvalue weighted by Crippen LogP contribution is -2.20. The van der Waals surface area contributed by atoms with Gasteiger partial charge in [0.05, 0.1) is 0 Å². The van der Waals surface area contributed by atoms with Crippen LogP contribution >= 0.6 is 8.30 Å². The van der Waals surface area contributed by atoms with Crippen LogP contribution in [0, 0.1) is 0 Å². The van der Waals surface area contributed by atoms with E-state index in [2.05, 4.69) is 45.2 Å². The third-order valence-electron chi connectivity index (χ3n) is 2.69. The second kappa shape index (κ2) is 8.49. The highest BCUT2D eigenvalue weighted by Gasteiger charge is 2.10. The molecule has 98 valence electrons. The summed E-state index contributed by atoms with van der Waals surface area (Å²) in [6, 6.07) is 0.486. The van der Waals surface area contributed by atoms with Crippen LogP contribution in [-0.4, -0.2) is 12.7 Å². The van der Waals surface area contributed by atoms with Crippen LogP contribution < -0.4 is 5.09 Å². The minimum absolute atomic E-state index is 0.486. The normalized spacial score (nSPS) is 16.6. The Hall–Kier alpha value is -0.590. The lowest BCUT2D eigenvalue weighted by atomic mass is 10.1. The highest BCUT2D eigenvalue weighted by molar-refractivity contribution is 7.49. The largest absolute Gasteiger partial charge is 0.459 e. The molecule has 0 spiro atoms. The maximum atomic E-state index is 5.82. The monoisotopic (exact) mass is 255 g/mol. The topological polar surface area (TPSA) is 21.3 Å². The zero-order chi connectivity index (χ0) is 13.4. The predicted molar refractivity (Wildman–Crippen MR) is 79.1 cm³/mol. The van der Waals surface area contributed by atoms with E-state index in [1.165, 1.54) is 5.57 Å². The number of allylic oxidation sites excluding steroid dienone is 4. The van der Waals surface area contributed by atoms with Crippen LogP contribution in [0.5, 0.6) is 0 Å². The molecule has 0 fully saturated rings. The molecule has 0 aliphatic heterocycles. The van der Waals surface area contributed by atoms with Gasteiger partial charge in [-0.25, -0.2) is 0 Å². The van der Waals surface area contributed by atoms with Crippen molar-refractivity contribution < 1.29 is 4.52 Å². The van der Waals surface area contributed by atoms with Gasteiger partial charge < -0.3 is 4.52 Å². The average Bonchev–Trinajstić information content (AvgIpc) is 2.27. The summed E-state index contributed by atoms with van der Waals surface area (Å²) in [4.78, 5) is 0. The van der Waals surface area contributed by atoms with Gasteiger partial charge in [0.25, 0.3) is 0 Å². The Morgan fingerprint density at radius 2 is 2.06 bits per heavy atom. The molecule has 0 saturated carbocycles. The highest BCUT2D eigenvalue weighted by Crippen LogP contribution is 2.33. The van der Waals surface area contributed by atoms with Gasteiger partial charge >= 0.3 is 0 Å². The van der Waals surface area contributed by atoms with Gasteiger partial charge in [-0.05, 0) is 45.3 Å². The minimum Gasteiger partial charge on any atom is -0.459 e. The fourth-order valence-electron chi connectivity index (χ4n) is 1.26. The molecule has 0 radical (unpaired) electrons. The third-order valence-corrected chi connectivity index (χ3v) is 3.99. The van der Waals surface area contributed by atoms with E-state index >= 15 is 0 Å². The zero-order valence-corrected chi connectivity index (χ0v) is 12.9. The molecule has 17 heavy (non-hydrogen) atoms. The number of hydrogen-bond donors (Lipinski definition) is 1. The van der Waals surface area contributed by atoms with Gasteiger partial charge in [0, 0.05) is 12.7 Å². The first kappa shape index (κ1) is 16.4. The molecule has 0 aliphatic rings. The van der Waals surface area contributed by atoms with E-state index in [-0.39, 0.29) is 0 Å². The van der Waals surface area contributed by atoms with E-state index < -0.39 is 8.30 Å². The van der Waals surface area contributed by atoms with Crippen molar-refractivity contribution in [2.45, 2.75) is 47.1 Å². The SMILES string of the molecule is C=C(OP(C)N[C@H](C)CC)/C(C)=C(C)/C=C\C. The molecular formula is C14H26NOP. The molecule has 2 nitrogen and oxygen atoms in total. The van der Waals surface area contributed by atoms with Crippen molar-refractivity contribution in [3.8, 4) is 0 Å². The average molecular weight is 255 g/mol. The Labute approximate surface area is 108 Å². The Morgan fingerprint density at radius 1 is 1.47 bits per heavy atom. The first-order valence-corrected chi connectivity index (χ1v) is 7.80. The van der Waals surface area contributed by atoms with Crippen LogP contribution in [0.4, 0.5) is 0 Å². The summed E-state index contributed by atoms with van der Waals surface area (Å²) in [7, 11) is -0.640. The van der Waals surface area contributed by atoms with E-state index in [0.717, 1.165) is 17.8 Å². The lowest BCUT2D eigenvalue weighted by Gasteiger charge is -2.21. The molecular weight excluding hydrogens is 229 g/mol. The summed E-state index contributed by atoms with van der Waals surface area (Å²) >= 11 is 0. The van der Waals surface area contributed by atoms with Crippen molar-refractivity contribution >= 4 is 8.30 Å². The van der Waals surface area contributed by atoms with Crippen LogP contribution in [0.25, 0.3) is 0 Å². The summed E-state index contributed by atoms with van der Waals surface area (Å²) < 4.78 is 5.82. The molecule has 0 aromatic rings. The number of hydrogen-bond acceptors (Lipinski definition) is 2. The van der Waals surface area contributed by atoms with Crippen molar-refractivity contribution in [2.75, 3.05) is 6.66 Å². The molecule has 1 unspecified atom stereocenters.